The van der Waals surface area contributed by atoms with Gasteiger partial charge in [-0.2, -0.15) is 21.9 Å². The largest absolute Gasteiger partial charge is 0.505 e. The summed E-state index contributed by atoms with van der Waals surface area (Å²) in [5, 5.41) is 17.6. The summed E-state index contributed by atoms with van der Waals surface area (Å²) >= 11 is 0. The second kappa shape index (κ2) is 7.10. The molecule has 0 amide bonds. The van der Waals surface area contributed by atoms with E-state index in [1.54, 1.807) is 0 Å². The zero-order valence-electron chi connectivity index (χ0n) is 14.9. The second-order valence-electron chi connectivity index (χ2n) is 6.11. The molecular formula is C16H15N5O7S2. The molecule has 0 bridgehead atoms. The van der Waals surface area contributed by atoms with Gasteiger partial charge in [0.25, 0.3) is 20.2 Å². The van der Waals surface area contributed by atoms with Crippen LogP contribution in [-0.2, 0) is 20.2 Å². The number of nitrogen functional groups attached to an aromatic ring is 3. The summed E-state index contributed by atoms with van der Waals surface area (Å²) in [6.07, 6.45) is 0. The maximum Gasteiger partial charge on any atom is 0.296 e. The third-order valence-electron chi connectivity index (χ3n) is 4.10. The van der Waals surface area contributed by atoms with Gasteiger partial charge in [0.2, 0.25) is 0 Å². The molecule has 0 saturated heterocycles. The predicted molar refractivity (Wildman–Crippen MR) is 109 cm³/mol. The molecule has 9 N–H and O–H groups in total. The third-order valence-corrected chi connectivity index (χ3v) is 5.86. The fraction of sp³-hybridized carbons (Fsp3) is 0. The van der Waals surface area contributed by atoms with Gasteiger partial charge in [-0.25, -0.2) is 0 Å². The van der Waals surface area contributed by atoms with Crippen molar-refractivity contribution in [2.45, 2.75) is 9.79 Å². The van der Waals surface area contributed by atoms with Gasteiger partial charge in [0.1, 0.15) is 15.5 Å². The molecule has 0 radical (unpaired) electrons. The monoisotopic (exact) mass is 453 g/mol. The highest BCUT2D eigenvalue weighted by Gasteiger charge is 2.26. The highest BCUT2D eigenvalue weighted by atomic mass is 32.2. The summed E-state index contributed by atoms with van der Waals surface area (Å²) in [6, 6.07) is 7.56. The lowest BCUT2D eigenvalue weighted by Crippen LogP contribution is -2.07. The summed E-state index contributed by atoms with van der Waals surface area (Å²) in [7, 11) is -9.77. The molecular weight excluding hydrogens is 438 g/mol. The number of benzene rings is 3. The van der Waals surface area contributed by atoms with Crippen molar-refractivity contribution < 1.29 is 31.0 Å². The third kappa shape index (κ3) is 3.84. The highest BCUT2D eigenvalue weighted by molar-refractivity contribution is 7.86. The summed E-state index contributed by atoms with van der Waals surface area (Å²) in [4.78, 5) is -1.68. The van der Waals surface area contributed by atoms with Crippen LogP contribution in [0, 0.1) is 0 Å². The topological polar surface area (TPSA) is 232 Å². The van der Waals surface area contributed by atoms with Crippen LogP contribution < -0.4 is 17.2 Å². The molecule has 0 aliphatic heterocycles. The van der Waals surface area contributed by atoms with Crippen LogP contribution in [0.5, 0.6) is 5.75 Å². The van der Waals surface area contributed by atoms with Crippen LogP contribution in [0.2, 0.25) is 0 Å². The first-order valence-electron chi connectivity index (χ1n) is 7.90. The Hall–Kier alpha value is -3.46. The molecule has 0 aliphatic rings. The molecule has 0 heterocycles. The van der Waals surface area contributed by atoms with Crippen molar-refractivity contribution >= 4 is 59.4 Å². The Kier molecular flexibility index (Phi) is 5.03. The Morgan fingerprint density at radius 3 is 1.83 bits per heavy atom. The first kappa shape index (κ1) is 21.3. The molecule has 14 heteroatoms. The molecule has 0 spiro atoms. The Morgan fingerprint density at radius 1 is 0.767 bits per heavy atom. The number of nitrogens with two attached hydrogens (primary N) is 3. The smallest absolute Gasteiger partial charge is 0.296 e. The molecule has 0 saturated carbocycles. The average molecular weight is 453 g/mol. The standard InChI is InChI=1S/C16H15N5O7S2/c17-8-1-3-9(4-2-8)20-21-15-11(30(26,27)28)6-7-5-10(29(23,24)25)13(18)14(19)12(7)16(15)22/h1-6,22H,17-19H2,(H,23,24,25)(H,26,27,28). The molecule has 12 nitrogen and oxygen atoms in total. The minimum Gasteiger partial charge on any atom is -0.505 e. The van der Waals surface area contributed by atoms with E-state index in [1.165, 1.54) is 24.3 Å². The van der Waals surface area contributed by atoms with Crippen molar-refractivity contribution in [2.24, 2.45) is 10.2 Å². The fourth-order valence-corrected chi connectivity index (χ4v) is 4.01. The summed E-state index contributed by atoms with van der Waals surface area (Å²) in [5.41, 5.74) is 16.0. The van der Waals surface area contributed by atoms with Crippen molar-refractivity contribution in [3.63, 3.8) is 0 Å². The molecule has 158 valence electrons. The van der Waals surface area contributed by atoms with Gasteiger partial charge < -0.3 is 22.3 Å². The van der Waals surface area contributed by atoms with E-state index >= 15 is 0 Å². The number of nitrogens with zero attached hydrogens (tertiary/aromatic N) is 2. The van der Waals surface area contributed by atoms with E-state index in [2.05, 4.69) is 10.2 Å². The van der Waals surface area contributed by atoms with Gasteiger partial charge in [-0.15, -0.1) is 5.11 Å². The number of azo groups is 1. The number of phenolic OH excluding ortho intramolecular Hbond substituents is 1. The first-order valence-corrected chi connectivity index (χ1v) is 10.8. The normalized spacial score (nSPS) is 12.6. The second-order valence-corrected chi connectivity index (χ2v) is 8.89. The Bertz CT molecular complexity index is 1420. The summed E-state index contributed by atoms with van der Waals surface area (Å²) in [5.74, 6) is -0.828. The van der Waals surface area contributed by atoms with Crippen molar-refractivity contribution in [1.29, 1.82) is 0 Å². The van der Waals surface area contributed by atoms with Crippen molar-refractivity contribution in [1.82, 2.24) is 0 Å². The molecule has 0 aromatic heterocycles. The van der Waals surface area contributed by atoms with Crippen LogP contribution in [0.3, 0.4) is 0 Å². The van der Waals surface area contributed by atoms with E-state index in [4.69, 9.17) is 17.2 Å². The summed E-state index contributed by atoms with van der Waals surface area (Å²) in [6.45, 7) is 0. The number of aromatic hydroxyl groups is 1. The van der Waals surface area contributed by atoms with Crippen LogP contribution in [0.4, 0.5) is 28.4 Å². The van der Waals surface area contributed by atoms with Gasteiger partial charge in [0, 0.05) is 5.69 Å². The molecule has 3 rings (SSSR count). The minimum absolute atomic E-state index is 0.245. The maximum absolute atomic E-state index is 11.8. The molecule has 3 aromatic carbocycles. The molecule has 30 heavy (non-hydrogen) atoms. The lowest BCUT2D eigenvalue weighted by atomic mass is 10.1. The maximum atomic E-state index is 11.8. The van der Waals surface area contributed by atoms with E-state index < -0.39 is 52.8 Å². The molecule has 0 atom stereocenters. The Labute approximate surface area is 170 Å². The van der Waals surface area contributed by atoms with E-state index in [-0.39, 0.29) is 16.5 Å². The highest BCUT2D eigenvalue weighted by Crippen LogP contribution is 2.46. The number of hydrogen-bond donors (Lipinski definition) is 6. The number of fused-ring (bicyclic) bond motifs is 1. The zero-order valence-corrected chi connectivity index (χ0v) is 16.5. The van der Waals surface area contributed by atoms with Gasteiger partial charge in [-0.3, -0.25) is 9.11 Å². The molecule has 0 unspecified atom stereocenters. The van der Waals surface area contributed by atoms with Crippen LogP contribution in [0.1, 0.15) is 0 Å². The van der Waals surface area contributed by atoms with Crippen LogP contribution in [0.25, 0.3) is 10.8 Å². The van der Waals surface area contributed by atoms with E-state index in [0.29, 0.717) is 5.69 Å². The van der Waals surface area contributed by atoms with Gasteiger partial charge in [-0.05, 0) is 41.8 Å². The van der Waals surface area contributed by atoms with Gasteiger partial charge in [-0.1, -0.05) is 0 Å². The van der Waals surface area contributed by atoms with Gasteiger partial charge in [0.15, 0.2) is 5.75 Å². The quantitative estimate of drug-likeness (QED) is 0.191. The Morgan fingerprint density at radius 2 is 1.30 bits per heavy atom. The minimum atomic E-state index is -4.95. The van der Waals surface area contributed by atoms with Gasteiger partial charge in [0.05, 0.1) is 22.4 Å². The lowest BCUT2D eigenvalue weighted by molar-refractivity contribution is 0.472. The van der Waals surface area contributed by atoms with Crippen LogP contribution in [-0.4, -0.2) is 31.0 Å². The average Bonchev–Trinajstić information content (AvgIpc) is 2.63. The zero-order chi connectivity index (χ0) is 22.4. The number of anilines is 3. The summed E-state index contributed by atoms with van der Waals surface area (Å²) < 4.78 is 65.6. The lowest BCUT2D eigenvalue weighted by Gasteiger charge is -2.14. The first-order chi connectivity index (χ1) is 13.8. The van der Waals surface area contributed by atoms with Crippen molar-refractivity contribution in [2.75, 3.05) is 17.2 Å². The molecule has 0 aliphatic carbocycles. The van der Waals surface area contributed by atoms with E-state index in [0.717, 1.165) is 12.1 Å². The van der Waals surface area contributed by atoms with E-state index in [1.807, 2.05) is 0 Å². The van der Waals surface area contributed by atoms with Crippen LogP contribution in [0.15, 0.2) is 56.4 Å². The van der Waals surface area contributed by atoms with Crippen molar-refractivity contribution in [3.8, 4) is 5.75 Å². The number of phenols is 1. The SMILES string of the molecule is Nc1ccc(N=Nc2c(S(=O)(=O)O)cc3cc(S(=O)(=O)O)c(N)c(N)c3c2O)cc1. The van der Waals surface area contributed by atoms with Crippen molar-refractivity contribution in [3.05, 3.63) is 36.4 Å². The molecule has 3 aromatic rings. The van der Waals surface area contributed by atoms with Crippen LogP contribution >= 0.6 is 0 Å². The Balaban J connectivity index is 2.38. The van der Waals surface area contributed by atoms with E-state index in [9.17, 15) is 31.0 Å². The fourth-order valence-electron chi connectivity index (χ4n) is 2.69. The predicted octanol–water partition coefficient (Wildman–Crippen LogP) is 2.20. The van der Waals surface area contributed by atoms with Gasteiger partial charge >= 0.3 is 0 Å². The number of rotatable bonds is 4. The molecule has 0 fully saturated rings. The number of hydrogen-bond acceptors (Lipinski definition) is 10.